The predicted octanol–water partition coefficient (Wildman–Crippen LogP) is 3.34. The number of rotatable bonds is 3. The standard InChI is InChI=1S/C15H23ClN4/c16-14-10-17-11-18-15(14)19-12-6-8-20(9-7-12)13-4-2-1-3-5-13/h10-13H,1-9H2,(H,17,18,19). The quantitative estimate of drug-likeness (QED) is 0.928. The van der Waals surface area contributed by atoms with Gasteiger partial charge in [-0.15, -0.1) is 0 Å². The van der Waals surface area contributed by atoms with Crippen molar-refractivity contribution in [1.82, 2.24) is 14.9 Å². The summed E-state index contributed by atoms with van der Waals surface area (Å²) in [5.41, 5.74) is 0. The van der Waals surface area contributed by atoms with Crippen LogP contribution in [0, 0.1) is 0 Å². The van der Waals surface area contributed by atoms with E-state index < -0.39 is 0 Å². The van der Waals surface area contributed by atoms with Gasteiger partial charge in [0.05, 0.1) is 6.20 Å². The van der Waals surface area contributed by atoms with E-state index in [0.717, 1.165) is 11.9 Å². The van der Waals surface area contributed by atoms with E-state index in [-0.39, 0.29) is 0 Å². The topological polar surface area (TPSA) is 41.1 Å². The Balaban J connectivity index is 1.50. The van der Waals surface area contributed by atoms with Gasteiger partial charge < -0.3 is 10.2 Å². The monoisotopic (exact) mass is 294 g/mol. The van der Waals surface area contributed by atoms with Gasteiger partial charge in [-0.05, 0) is 25.7 Å². The Morgan fingerprint density at radius 1 is 1.10 bits per heavy atom. The van der Waals surface area contributed by atoms with Crippen LogP contribution in [-0.4, -0.2) is 40.0 Å². The van der Waals surface area contributed by atoms with Gasteiger partial charge in [0, 0.05) is 25.2 Å². The van der Waals surface area contributed by atoms with E-state index in [1.165, 1.54) is 58.0 Å². The molecule has 2 heterocycles. The fraction of sp³-hybridized carbons (Fsp3) is 0.733. The molecule has 0 aromatic carbocycles. The SMILES string of the molecule is Clc1cncnc1NC1CCN(C2CCCCC2)CC1. The minimum Gasteiger partial charge on any atom is -0.366 e. The molecule has 1 N–H and O–H groups in total. The summed E-state index contributed by atoms with van der Waals surface area (Å²) in [6, 6.07) is 1.33. The Labute approximate surface area is 125 Å². The van der Waals surface area contributed by atoms with Crippen molar-refractivity contribution < 1.29 is 0 Å². The van der Waals surface area contributed by atoms with Crippen LogP contribution in [-0.2, 0) is 0 Å². The number of aromatic nitrogens is 2. The molecule has 0 amide bonds. The molecule has 1 aliphatic heterocycles. The molecule has 0 atom stereocenters. The fourth-order valence-electron chi connectivity index (χ4n) is 3.47. The van der Waals surface area contributed by atoms with Crippen LogP contribution in [0.15, 0.2) is 12.5 Å². The molecule has 1 saturated carbocycles. The van der Waals surface area contributed by atoms with Crippen molar-refractivity contribution >= 4 is 17.4 Å². The van der Waals surface area contributed by atoms with Gasteiger partial charge in [0.15, 0.2) is 0 Å². The normalized spacial score (nSPS) is 22.9. The summed E-state index contributed by atoms with van der Waals surface area (Å²) in [6.07, 6.45) is 12.6. The molecule has 1 aromatic rings. The van der Waals surface area contributed by atoms with Crippen molar-refractivity contribution in [2.45, 2.75) is 57.0 Å². The molecule has 5 heteroatoms. The molecule has 0 unspecified atom stereocenters. The lowest BCUT2D eigenvalue weighted by molar-refractivity contribution is 0.126. The molecule has 1 saturated heterocycles. The number of hydrogen-bond donors (Lipinski definition) is 1. The minimum absolute atomic E-state index is 0.488. The van der Waals surface area contributed by atoms with Gasteiger partial charge in [-0.25, -0.2) is 9.97 Å². The Morgan fingerprint density at radius 3 is 2.55 bits per heavy atom. The van der Waals surface area contributed by atoms with E-state index in [0.29, 0.717) is 11.1 Å². The fourth-order valence-corrected chi connectivity index (χ4v) is 3.63. The molecule has 4 nitrogen and oxygen atoms in total. The molecule has 0 bridgehead atoms. The third-order valence-electron chi connectivity index (χ3n) is 4.63. The molecule has 0 radical (unpaired) electrons. The summed E-state index contributed by atoms with van der Waals surface area (Å²) >= 11 is 6.10. The van der Waals surface area contributed by atoms with Gasteiger partial charge in [-0.1, -0.05) is 30.9 Å². The van der Waals surface area contributed by atoms with Crippen LogP contribution in [0.2, 0.25) is 5.02 Å². The van der Waals surface area contributed by atoms with Crippen LogP contribution < -0.4 is 5.32 Å². The highest BCUT2D eigenvalue weighted by molar-refractivity contribution is 6.32. The minimum atomic E-state index is 0.488. The zero-order chi connectivity index (χ0) is 13.8. The molecule has 1 aromatic heterocycles. The molecule has 20 heavy (non-hydrogen) atoms. The number of halogens is 1. The zero-order valence-corrected chi connectivity index (χ0v) is 12.6. The highest BCUT2D eigenvalue weighted by Crippen LogP contribution is 2.26. The highest BCUT2D eigenvalue weighted by Gasteiger charge is 2.26. The van der Waals surface area contributed by atoms with Gasteiger partial charge in [0.1, 0.15) is 17.2 Å². The van der Waals surface area contributed by atoms with Crippen LogP contribution in [0.25, 0.3) is 0 Å². The summed E-state index contributed by atoms with van der Waals surface area (Å²) in [4.78, 5) is 10.8. The van der Waals surface area contributed by atoms with Gasteiger partial charge in [0.25, 0.3) is 0 Å². The van der Waals surface area contributed by atoms with E-state index in [2.05, 4.69) is 20.2 Å². The van der Waals surface area contributed by atoms with E-state index >= 15 is 0 Å². The largest absolute Gasteiger partial charge is 0.366 e. The average Bonchev–Trinajstić information content (AvgIpc) is 2.51. The van der Waals surface area contributed by atoms with Crippen molar-refractivity contribution in [1.29, 1.82) is 0 Å². The van der Waals surface area contributed by atoms with E-state index in [9.17, 15) is 0 Å². The average molecular weight is 295 g/mol. The van der Waals surface area contributed by atoms with Crippen molar-refractivity contribution in [2.75, 3.05) is 18.4 Å². The summed E-state index contributed by atoms with van der Waals surface area (Å²) in [7, 11) is 0. The van der Waals surface area contributed by atoms with E-state index in [1.807, 2.05) is 0 Å². The Bertz CT molecular complexity index is 426. The smallest absolute Gasteiger partial charge is 0.148 e. The Kier molecular flexibility index (Phi) is 4.73. The summed E-state index contributed by atoms with van der Waals surface area (Å²) in [6.45, 7) is 2.40. The lowest BCUT2D eigenvalue weighted by atomic mass is 9.92. The third-order valence-corrected chi connectivity index (χ3v) is 4.91. The molecule has 0 spiro atoms. The second-order valence-corrected chi connectivity index (χ2v) is 6.37. The van der Waals surface area contributed by atoms with Gasteiger partial charge in [-0.3, -0.25) is 0 Å². The number of nitrogens with one attached hydrogen (secondary N) is 1. The Morgan fingerprint density at radius 2 is 1.85 bits per heavy atom. The van der Waals surface area contributed by atoms with Crippen LogP contribution in [0.4, 0.5) is 5.82 Å². The number of piperidine rings is 1. The van der Waals surface area contributed by atoms with Crippen molar-refractivity contribution in [3.63, 3.8) is 0 Å². The van der Waals surface area contributed by atoms with Crippen LogP contribution >= 0.6 is 11.6 Å². The first kappa shape index (κ1) is 14.1. The maximum absolute atomic E-state index is 6.10. The van der Waals surface area contributed by atoms with Crippen LogP contribution in [0.5, 0.6) is 0 Å². The molecule has 1 aliphatic carbocycles. The third kappa shape index (κ3) is 3.41. The first-order valence-corrected chi connectivity index (χ1v) is 8.17. The summed E-state index contributed by atoms with van der Waals surface area (Å²) in [5.74, 6) is 0.776. The van der Waals surface area contributed by atoms with Crippen LogP contribution in [0.1, 0.15) is 44.9 Å². The number of anilines is 1. The van der Waals surface area contributed by atoms with Crippen molar-refractivity contribution in [2.24, 2.45) is 0 Å². The number of hydrogen-bond acceptors (Lipinski definition) is 4. The number of nitrogens with zero attached hydrogens (tertiary/aromatic N) is 3. The maximum Gasteiger partial charge on any atom is 0.148 e. The first-order chi connectivity index (χ1) is 9.83. The van der Waals surface area contributed by atoms with Crippen molar-refractivity contribution in [3.05, 3.63) is 17.5 Å². The summed E-state index contributed by atoms with van der Waals surface area (Å²) < 4.78 is 0. The van der Waals surface area contributed by atoms with E-state index in [1.54, 1.807) is 12.5 Å². The maximum atomic E-state index is 6.10. The molecule has 110 valence electrons. The first-order valence-electron chi connectivity index (χ1n) is 7.79. The lowest BCUT2D eigenvalue weighted by Crippen LogP contribution is -2.45. The van der Waals surface area contributed by atoms with Crippen LogP contribution in [0.3, 0.4) is 0 Å². The number of likely N-dealkylation sites (tertiary alicyclic amines) is 1. The van der Waals surface area contributed by atoms with E-state index in [4.69, 9.17) is 11.6 Å². The highest BCUT2D eigenvalue weighted by atomic mass is 35.5. The molecular weight excluding hydrogens is 272 g/mol. The zero-order valence-electron chi connectivity index (χ0n) is 11.9. The molecule has 3 rings (SSSR count). The molecule has 2 aliphatic rings. The van der Waals surface area contributed by atoms with Gasteiger partial charge in [-0.2, -0.15) is 0 Å². The predicted molar refractivity (Wildman–Crippen MR) is 82.1 cm³/mol. The van der Waals surface area contributed by atoms with Gasteiger partial charge in [0.2, 0.25) is 0 Å². The van der Waals surface area contributed by atoms with Gasteiger partial charge >= 0.3 is 0 Å². The lowest BCUT2D eigenvalue weighted by Gasteiger charge is -2.39. The molecule has 2 fully saturated rings. The van der Waals surface area contributed by atoms with Crippen molar-refractivity contribution in [3.8, 4) is 0 Å². The summed E-state index contributed by atoms with van der Waals surface area (Å²) in [5, 5.41) is 4.08. The molecular formula is C15H23ClN4. The Hall–Kier alpha value is -0.870. The second-order valence-electron chi connectivity index (χ2n) is 5.97. The second kappa shape index (κ2) is 6.72.